The number of fused-ring (bicyclic) bond motifs is 2. The van der Waals surface area contributed by atoms with E-state index in [4.69, 9.17) is 0 Å². The lowest BCUT2D eigenvalue weighted by molar-refractivity contribution is 0.171. The fraction of sp³-hybridized carbons (Fsp3) is 0.440. The Morgan fingerprint density at radius 2 is 1.89 bits per heavy atom. The van der Waals surface area contributed by atoms with Gasteiger partial charge in [0, 0.05) is 42.4 Å². The van der Waals surface area contributed by atoms with E-state index in [1.807, 2.05) is 0 Å². The van der Waals surface area contributed by atoms with Gasteiger partial charge >= 0.3 is 0 Å². The molecule has 3 fully saturated rings. The molecule has 35 heavy (non-hydrogen) atoms. The minimum atomic E-state index is -0.968. The van der Waals surface area contributed by atoms with Crippen LogP contribution in [0.1, 0.15) is 32.1 Å². The number of phenolic OH excluding ortho intramolecular Hbond substituents is 1. The van der Waals surface area contributed by atoms with Gasteiger partial charge in [-0.15, -0.1) is 0 Å². The molecule has 4 atom stereocenters. The third-order valence-electron chi connectivity index (χ3n) is 7.37. The topological polar surface area (TPSA) is 96.2 Å². The molecule has 1 aliphatic carbocycles. The first kappa shape index (κ1) is 22.1. The molecule has 0 radical (unpaired) electrons. The first-order valence-electron chi connectivity index (χ1n) is 12.0. The number of hydrogen-bond acceptors (Lipinski definition) is 7. The van der Waals surface area contributed by atoms with Crippen LogP contribution in [0.15, 0.2) is 41.7 Å². The van der Waals surface area contributed by atoms with Crippen LogP contribution < -0.4 is 15.8 Å². The van der Waals surface area contributed by atoms with Crippen LogP contribution in [0.3, 0.4) is 0 Å². The van der Waals surface area contributed by atoms with E-state index >= 15 is 4.39 Å². The number of rotatable bonds is 5. The van der Waals surface area contributed by atoms with Crippen molar-refractivity contribution < 1.29 is 13.9 Å². The molecule has 6 rings (SSSR count). The molecule has 1 aromatic carbocycles. The summed E-state index contributed by atoms with van der Waals surface area (Å²) in [6.07, 6.45) is 7.99. The number of anilines is 1. The molecule has 4 heterocycles. The molecule has 182 valence electrons. The van der Waals surface area contributed by atoms with Crippen molar-refractivity contribution >= 4 is 5.82 Å². The van der Waals surface area contributed by atoms with Crippen molar-refractivity contribution in [3.05, 3.63) is 53.1 Å². The lowest BCUT2D eigenvalue weighted by Crippen LogP contribution is -2.57. The van der Waals surface area contributed by atoms with Gasteiger partial charge in [-0.1, -0.05) is 0 Å². The highest BCUT2D eigenvalue weighted by Gasteiger charge is 2.48. The molecule has 3 aromatic rings. The van der Waals surface area contributed by atoms with Gasteiger partial charge in [-0.2, -0.15) is 0 Å². The lowest BCUT2D eigenvalue weighted by atomic mass is 9.96. The van der Waals surface area contributed by atoms with E-state index in [1.165, 1.54) is 29.2 Å². The first-order chi connectivity index (χ1) is 16.9. The fourth-order valence-corrected chi connectivity index (χ4v) is 5.39. The molecule has 3 aliphatic rings. The number of halogens is 2. The van der Waals surface area contributed by atoms with E-state index < -0.39 is 12.0 Å². The van der Waals surface area contributed by atoms with Gasteiger partial charge in [0.2, 0.25) is 0 Å². The van der Waals surface area contributed by atoms with Crippen LogP contribution in [0.25, 0.3) is 22.5 Å². The summed E-state index contributed by atoms with van der Waals surface area (Å²) in [5, 5.41) is 14.0. The Bertz CT molecular complexity index is 1330. The maximum absolute atomic E-state index is 15.3. The van der Waals surface area contributed by atoms with E-state index in [0.717, 1.165) is 38.2 Å². The number of aromatic nitrogens is 4. The van der Waals surface area contributed by atoms with Gasteiger partial charge in [0.05, 0.1) is 36.2 Å². The summed E-state index contributed by atoms with van der Waals surface area (Å²) < 4.78 is 31.5. The van der Waals surface area contributed by atoms with Gasteiger partial charge in [-0.3, -0.25) is 9.78 Å². The Kier molecular flexibility index (Phi) is 5.28. The highest BCUT2D eigenvalue weighted by Crippen LogP contribution is 2.40. The molecule has 0 unspecified atom stereocenters. The minimum absolute atomic E-state index is 0.0166. The third-order valence-corrected chi connectivity index (χ3v) is 7.37. The van der Waals surface area contributed by atoms with Crippen LogP contribution in [0.2, 0.25) is 0 Å². The van der Waals surface area contributed by atoms with Gasteiger partial charge in [0.15, 0.2) is 0 Å². The summed E-state index contributed by atoms with van der Waals surface area (Å²) >= 11 is 0. The second-order valence-electron chi connectivity index (χ2n) is 9.77. The van der Waals surface area contributed by atoms with Crippen LogP contribution in [0.4, 0.5) is 14.6 Å². The zero-order valence-electron chi connectivity index (χ0n) is 19.2. The average molecular weight is 481 g/mol. The summed E-state index contributed by atoms with van der Waals surface area (Å²) in [6.45, 7) is 0. The van der Waals surface area contributed by atoms with Crippen LogP contribution in [0, 0.1) is 5.82 Å². The highest BCUT2D eigenvalue weighted by atomic mass is 19.1. The predicted octanol–water partition coefficient (Wildman–Crippen LogP) is 2.95. The van der Waals surface area contributed by atoms with E-state index in [0.29, 0.717) is 17.6 Å². The molecule has 2 bridgehead atoms. The zero-order valence-corrected chi connectivity index (χ0v) is 19.2. The summed E-state index contributed by atoms with van der Waals surface area (Å²) in [5.74, 6) is -0.246. The Balaban J connectivity index is 1.29. The lowest BCUT2D eigenvalue weighted by Gasteiger charge is -2.41. The minimum Gasteiger partial charge on any atom is -0.507 e. The van der Waals surface area contributed by atoms with Gasteiger partial charge < -0.3 is 19.9 Å². The standard InChI is InChI=1S/C25H26F2N6O2/c1-32-12-30-19(9-24(32)35)15-8-22(34)16(7-17(15)26)20-10-29-23(11-28-20)33(14-3-4-14)21-6-13-2-5-18(31-13)25(21)27/h7-14,18,21,25,31,34H,2-6H2,1H3/t13-,18+,21-,25+/m1/s1. The molecule has 2 N–H and O–H groups in total. The van der Waals surface area contributed by atoms with Crippen molar-refractivity contribution in [1.29, 1.82) is 0 Å². The number of aromatic hydroxyl groups is 1. The number of alkyl halides is 1. The Hall–Kier alpha value is -3.40. The molecule has 2 saturated heterocycles. The fourth-order valence-electron chi connectivity index (χ4n) is 5.39. The third kappa shape index (κ3) is 3.95. The summed E-state index contributed by atoms with van der Waals surface area (Å²) in [6, 6.07) is 3.85. The summed E-state index contributed by atoms with van der Waals surface area (Å²) in [5.41, 5.74) is 0.285. The Labute approximate surface area is 200 Å². The molecule has 0 amide bonds. The van der Waals surface area contributed by atoms with Gasteiger partial charge in [0.1, 0.15) is 23.6 Å². The average Bonchev–Trinajstić information content (AvgIpc) is 3.60. The number of nitrogens with zero attached hydrogens (tertiary/aromatic N) is 5. The van der Waals surface area contributed by atoms with Crippen molar-refractivity contribution in [2.24, 2.45) is 7.05 Å². The molecule has 2 aromatic heterocycles. The second-order valence-corrected chi connectivity index (χ2v) is 9.77. The summed E-state index contributed by atoms with van der Waals surface area (Å²) in [4.78, 5) is 27.1. The predicted molar refractivity (Wildman–Crippen MR) is 126 cm³/mol. The molecular formula is C25H26F2N6O2. The van der Waals surface area contributed by atoms with Crippen molar-refractivity contribution in [3.63, 3.8) is 0 Å². The number of benzene rings is 1. The zero-order chi connectivity index (χ0) is 24.3. The number of piperidine rings is 1. The monoisotopic (exact) mass is 480 g/mol. The molecule has 1 saturated carbocycles. The number of nitrogens with one attached hydrogen (secondary N) is 1. The number of hydrogen-bond donors (Lipinski definition) is 2. The van der Waals surface area contributed by atoms with E-state index in [9.17, 15) is 14.3 Å². The molecule has 0 spiro atoms. The van der Waals surface area contributed by atoms with Crippen molar-refractivity contribution in [2.75, 3.05) is 4.90 Å². The SMILES string of the molecule is Cn1cnc(-c2cc(O)c(-c3cnc(N(C4CC4)[C@@H]4C[C@H]5CC[C@H](N5)[C@@H]4F)cn3)cc2F)cc1=O. The molecule has 10 heteroatoms. The largest absolute Gasteiger partial charge is 0.507 e. The van der Waals surface area contributed by atoms with Crippen LogP contribution in [0.5, 0.6) is 5.75 Å². The number of aryl methyl sites for hydroxylation is 1. The number of phenols is 1. The van der Waals surface area contributed by atoms with E-state index in [-0.39, 0.29) is 46.3 Å². The van der Waals surface area contributed by atoms with Crippen molar-refractivity contribution in [3.8, 4) is 28.3 Å². The van der Waals surface area contributed by atoms with E-state index in [1.54, 1.807) is 13.2 Å². The highest BCUT2D eigenvalue weighted by molar-refractivity contribution is 5.73. The van der Waals surface area contributed by atoms with Crippen LogP contribution >= 0.6 is 0 Å². The molecular weight excluding hydrogens is 454 g/mol. The van der Waals surface area contributed by atoms with Gasteiger partial charge in [-0.05, 0) is 44.2 Å². The first-order valence-corrected chi connectivity index (χ1v) is 12.0. The normalized spacial score (nSPS) is 25.6. The Morgan fingerprint density at radius 1 is 1.06 bits per heavy atom. The molecule has 2 aliphatic heterocycles. The maximum atomic E-state index is 15.3. The quantitative estimate of drug-likeness (QED) is 0.580. The van der Waals surface area contributed by atoms with Gasteiger partial charge in [-0.25, -0.2) is 18.7 Å². The van der Waals surface area contributed by atoms with Crippen molar-refractivity contribution in [1.82, 2.24) is 24.8 Å². The smallest absolute Gasteiger partial charge is 0.253 e. The van der Waals surface area contributed by atoms with Gasteiger partial charge in [0.25, 0.3) is 5.56 Å². The summed E-state index contributed by atoms with van der Waals surface area (Å²) in [7, 11) is 1.55. The van der Waals surface area contributed by atoms with E-state index in [2.05, 4.69) is 25.2 Å². The molecule has 8 nitrogen and oxygen atoms in total. The Morgan fingerprint density at radius 3 is 2.60 bits per heavy atom. The van der Waals surface area contributed by atoms with Crippen LogP contribution in [-0.4, -0.2) is 55.0 Å². The van der Waals surface area contributed by atoms with Crippen molar-refractivity contribution in [2.45, 2.75) is 62.4 Å². The van der Waals surface area contributed by atoms with Crippen LogP contribution in [-0.2, 0) is 7.05 Å². The second kappa shape index (κ2) is 8.37. The maximum Gasteiger partial charge on any atom is 0.253 e.